The van der Waals surface area contributed by atoms with Gasteiger partial charge in [0.25, 0.3) is 0 Å². The molecule has 0 radical (unpaired) electrons. The number of para-hydroxylation sites is 1. The highest BCUT2D eigenvalue weighted by atomic mass is 16.5. The molecular weight excluding hydrogens is 304 g/mol. The van der Waals surface area contributed by atoms with Crippen LogP contribution in [-0.2, 0) is 4.79 Å². The zero-order valence-electron chi connectivity index (χ0n) is 15.0. The van der Waals surface area contributed by atoms with Crippen LogP contribution in [0.4, 0.5) is 0 Å². The van der Waals surface area contributed by atoms with E-state index in [2.05, 4.69) is 22.5 Å². The quantitative estimate of drug-likeness (QED) is 0.389. The summed E-state index contributed by atoms with van der Waals surface area (Å²) in [7, 11) is 3.47. The van der Waals surface area contributed by atoms with Gasteiger partial charge in [0.15, 0.2) is 5.96 Å². The van der Waals surface area contributed by atoms with E-state index in [-0.39, 0.29) is 12.5 Å². The van der Waals surface area contributed by atoms with Crippen LogP contribution in [0.15, 0.2) is 35.3 Å². The Morgan fingerprint density at radius 2 is 1.79 bits per heavy atom. The van der Waals surface area contributed by atoms with Gasteiger partial charge in [0.05, 0.1) is 6.61 Å². The number of hydrogen-bond donors (Lipinski definition) is 2. The molecule has 6 heteroatoms. The number of likely N-dealkylation sites (N-methyl/N-ethyl adjacent to an activating group) is 1. The Morgan fingerprint density at radius 1 is 1.12 bits per heavy atom. The first-order chi connectivity index (χ1) is 11.6. The summed E-state index contributed by atoms with van der Waals surface area (Å²) in [6.45, 7) is 4.51. The Kier molecular flexibility index (Phi) is 10.1. The first kappa shape index (κ1) is 19.8. The van der Waals surface area contributed by atoms with E-state index in [0.717, 1.165) is 38.1 Å². The molecule has 0 fully saturated rings. The van der Waals surface area contributed by atoms with Crippen LogP contribution in [0, 0.1) is 0 Å². The van der Waals surface area contributed by atoms with E-state index in [1.807, 2.05) is 30.3 Å². The molecule has 0 heterocycles. The largest absolute Gasteiger partial charge is 0.494 e. The number of nitrogens with one attached hydrogen (secondary N) is 2. The predicted molar refractivity (Wildman–Crippen MR) is 98.5 cm³/mol. The van der Waals surface area contributed by atoms with Crippen LogP contribution in [-0.4, -0.2) is 57.1 Å². The van der Waals surface area contributed by atoms with Gasteiger partial charge < -0.3 is 20.3 Å². The highest BCUT2D eigenvalue weighted by Gasteiger charge is 2.04. The first-order valence-electron chi connectivity index (χ1n) is 8.53. The molecule has 1 aromatic carbocycles. The summed E-state index contributed by atoms with van der Waals surface area (Å²) in [5.74, 6) is 1.54. The van der Waals surface area contributed by atoms with Crippen LogP contribution in [0.3, 0.4) is 0 Å². The summed E-state index contributed by atoms with van der Waals surface area (Å²) in [6.07, 6.45) is 3.03. The molecule has 24 heavy (non-hydrogen) atoms. The number of hydrogen-bond acceptors (Lipinski definition) is 3. The van der Waals surface area contributed by atoms with Crippen molar-refractivity contribution < 1.29 is 9.53 Å². The molecule has 0 unspecified atom stereocenters. The lowest BCUT2D eigenvalue weighted by molar-refractivity contribution is -0.127. The highest BCUT2D eigenvalue weighted by molar-refractivity contribution is 5.84. The van der Waals surface area contributed by atoms with E-state index < -0.39 is 0 Å². The molecule has 0 aliphatic heterocycles. The molecule has 2 N–H and O–H groups in total. The molecule has 0 spiro atoms. The Balaban J connectivity index is 2.32. The molecule has 0 bridgehead atoms. The third-order valence-electron chi connectivity index (χ3n) is 3.32. The summed E-state index contributed by atoms with van der Waals surface area (Å²) in [6, 6.07) is 9.77. The minimum absolute atomic E-state index is 0.0148. The van der Waals surface area contributed by atoms with Crippen LogP contribution >= 0.6 is 0 Å². The van der Waals surface area contributed by atoms with Crippen LogP contribution in [0.2, 0.25) is 0 Å². The Morgan fingerprint density at radius 3 is 2.42 bits per heavy atom. The molecule has 0 saturated carbocycles. The van der Waals surface area contributed by atoms with Crippen molar-refractivity contribution in [1.82, 2.24) is 15.5 Å². The fourth-order valence-electron chi connectivity index (χ4n) is 1.83. The number of carbonyl (C=O) groups is 1. The third kappa shape index (κ3) is 9.02. The van der Waals surface area contributed by atoms with Gasteiger partial charge >= 0.3 is 0 Å². The van der Waals surface area contributed by atoms with Gasteiger partial charge in [0.1, 0.15) is 12.3 Å². The van der Waals surface area contributed by atoms with Gasteiger partial charge in [-0.1, -0.05) is 31.5 Å². The minimum atomic E-state index is -0.0148. The second kappa shape index (κ2) is 12.2. The van der Waals surface area contributed by atoms with Crippen molar-refractivity contribution in [2.24, 2.45) is 4.99 Å². The standard InChI is InChI=1S/C18H30N4O2/c1-4-5-12-19-18(21-15-17(23)22(2)3)20-13-9-14-24-16-10-7-6-8-11-16/h6-8,10-11H,4-5,9,12-15H2,1-3H3,(H2,19,20,21). The van der Waals surface area contributed by atoms with Crippen molar-refractivity contribution in [3.8, 4) is 5.75 Å². The fraction of sp³-hybridized carbons (Fsp3) is 0.556. The molecule has 134 valence electrons. The topological polar surface area (TPSA) is 66.0 Å². The summed E-state index contributed by atoms with van der Waals surface area (Å²) in [4.78, 5) is 17.5. The number of amides is 1. The van der Waals surface area contributed by atoms with Gasteiger partial charge in [-0.25, -0.2) is 4.99 Å². The van der Waals surface area contributed by atoms with Crippen LogP contribution < -0.4 is 15.4 Å². The van der Waals surface area contributed by atoms with Crippen LogP contribution in [0.5, 0.6) is 5.75 Å². The van der Waals surface area contributed by atoms with Crippen LogP contribution in [0.1, 0.15) is 26.2 Å². The number of guanidine groups is 1. The second-order valence-electron chi connectivity index (χ2n) is 5.68. The van der Waals surface area contributed by atoms with Gasteiger partial charge in [-0.05, 0) is 25.0 Å². The second-order valence-corrected chi connectivity index (χ2v) is 5.68. The zero-order valence-corrected chi connectivity index (χ0v) is 15.0. The molecule has 1 aromatic rings. The lowest BCUT2D eigenvalue weighted by Crippen LogP contribution is -2.39. The molecule has 0 aromatic heterocycles. The van der Waals surface area contributed by atoms with Gasteiger partial charge in [-0.15, -0.1) is 0 Å². The molecule has 0 aliphatic carbocycles. The van der Waals surface area contributed by atoms with Crippen molar-refractivity contribution in [3.05, 3.63) is 30.3 Å². The Hall–Kier alpha value is -2.24. The molecular formula is C18H30N4O2. The van der Waals surface area contributed by atoms with Gasteiger partial charge in [0, 0.05) is 27.2 Å². The number of benzene rings is 1. The van der Waals surface area contributed by atoms with Gasteiger partial charge in [-0.3, -0.25) is 4.79 Å². The van der Waals surface area contributed by atoms with Crippen molar-refractivity contribution in [3.63, 3.8) is 0 Å². The number of nitrogens with zero attached hydrogens (tertiary/aromatic N) is 2. The van der Waals surface area contributed by atoms with Crippen molar-refractivity contribution in [2.45, 2.75) is 26.2 Å². The van der Waals surface area contributed by atoms with Crippen molar-refractivity contribution in [2.75, 3.05) is 40.3 Å². The Bertz CT molecular complexity index is 489. The summed E-state index contributed by atoms with van der Waals surface area (Å²) >= 11 is 0. The smallest absolute Gasteiger partial charge is 0.243 e. The van der Waals surface area contributed by atoms with Crippen molar-refractivity contribution >= 4 is 11.9 Å². The third-order valence-corrected chi connectivity index (χ3v) is 3.32. The van der Waals surface area contributed by atoms with E-state index in [4.69, 9.17) is 4.74 Å². The molecule has 1 rings (SSSR count). The van der Waals surface area contributed by atoms with Gasteiger partial charge in [0.2, 0.25) is 5.91 Å². The summed E-state index contributed by atoms with van der Waals surface area (Å²) < 4.78 is 5.65. The molecule has 1 amide bonds. The lowest BCUT2D eigenvalue weighted by atomic mass is 10.3. The summed E-state index contributed by atoms with van der Waals surface area (Å²) in [5.41, 5.74) is 0. The number of rotatable bonds is 10. The van der Waals surface area contributed by atoms with E-state index in [1.165, 1.54) is 0 Å². The lowest BCUT2D eigenvalue weighted by Gasteiger charge is -2.14. The maximum absolute atomic E-state index is 11.7. The van der Waals surface area contributed by atoms with Crippen LogP contribution in [0.25, 0.3) is 0 Å². The molecule has 6 nitrogen and oxygen atoms in total. The highest BCUT2D eigenvalue weighted by Crippen LogP contribution is 2.07. The fourth-order valence-corrected chi connectivity index (χ4v) is 1.83. The number of ether oxygens (including phenoxy) is 1. The maximum atomic E-state index is 11.7. The van der Waals surface area contributed by atoms with E-state index >= 15 is 0 Å². The average molecular weight is 334 g/mol. The number of carbonyl (C=O) groups excluding carboxylic acids is 1. The zero-order chi connectivity index (χ0) is 17.6. The monoisotopic (exact) mass is 334 g/mol. The molecule has 0 aliphatic rings. The number of unbranched alkanes of at least 4 members (excludes halogenated alkanes) is 1. The normalized spacial score (nSPS) is 11.0. The SMILES string of the molecule is CCCCNC(=NCC(=O)N(C)C)NCCCOc1ccccc1. The average Bonchev–Trinajstić information content (AvgIpc) is 2.59. The number of aliphatic imine (C=N–C) groups is 1. The molecule has 0 saturated heterocycles. The first-order valence-corrected chi connectivity index (χ1v) is 8.53. The predicted octanol–water partition coefficient (Wildman–Crippen LogP) is 1.88. The van der Waals surface area contributed by atoms with Gasteiger partial charge in [-0.2, -0.15) is 0 Å². The van der Waals surface area contributed by atoms with E-state index in [0.29, 0.717) is 12.6 Å². The van der Waals surface area contributed by atoms with Crippen molar-refractivity contribution in [1.29, 1.82) is 0 Å². The molecule has 0 atom stereocenters. The van der Waals surface area contributed by atoms with E-state index in [9.17, 15) is 4.79 Å². The van der Waals surface area contributed by atoms with E-state index in [1.54, 1.807) is 19.0 Å². The minimum Gasteiger partial charge on any atom is -0.494 e. The summed E-state index contributed by atoms with van der Waals surface area (Å²) in [5, 5.41) is 6.50. The Labute approximate surface area is 145 Å². The maximum Gasteiger partial charge on any atom is 0.243 e.